The Morgan fingerprint density at radius 3 is 1.62 bits per heavy atom. The molecule has 4 aromatic rings. The third-order valence-electron chi connectivity index (χ3n) is 6.02. The van der Waals surface area contributed by atoms with Crippen molar-refractivity contribution in [1.82, 2.24) is 0 Å². The van der Waals surface area contributed by atoms with Gasteiger partial charge in [-0.2, -0.15) is 0 Å². The normalized spacial score (nSPS) is 14.7. The molecule has 1 N–H and O–H groups in total. The third-order valence-corrected chi connectivity index (χ3v) is 6.02. The summed E-state index contributed by atoms with van der Waals surface area (Å²) in [6.07, 6.45) is 0. The van der Waals surface area contributed by atoms with E-state index in [2.05, 4.69) is 17.0 Å². The van der Waals surface area contributed by atoms with Crippen LogP contribution >= 0.6 is 0 Å². The van der Waals surface area contributed by atoms with E-state index in [4.69, 9.17) is 9.47 Å². The molecule has 3 aliphatic heterocycles. The number of phenols is 1. The van der Waals surface area contributed by atoms with Crippen LogP contribution < -0.4 is 14.4 Å². The SMILES string of the molecule is Oc1ccccc1N1c2cccc3c2C2c4c(cccc4Oc4cccc1c42)O3. The van der Waals surface area contributed by atoms with E-state index in [1.54, 1.807) is 6.07 Å². The van der Waals surface area contributed by atoms with Crippen LogP contribution in [0.25, 0.3) is 0 Å². The molecule has 0 amide bonds. The molecule has 7 rings (SSSR count). The predicted octanol–water partition coefficient (Wildman–Crippen LogP) is 6.57. The van der Waals surface area contributed by atoms with Gasteiger partial charge in [0.25, 0.3) is 0 Å². The van der Waals surface area contributed by atoms with Crippen LogP contribution in [-0.4, -0.2) is 5.11 Å². The number of para-hydroxylation sites is 2. The molecule has 0 aliphatic carbocycles. The summed E-state index contributed by atoms with van der Waals surface area (Å²) in [5.74, 6) is 3.65. The first-order valence-corrected chi connectivity index (χ1v) is 9.64. The largest absolute Gasteiger partial charge is 0.506 e. The Morgan fingerprint density at radius 1 is 0.552 bits per heavy atom. The van der Waals surface area contributed by atoms with E-state index >= 15 is 0 Å². The lowest BCUT2D eigenvalue weighted by Crippen LogP contribution is -2.27. The Hall–Kier alpha value is -3.92. The fraction of sp³-hybridized carbons (Fsp3) is 0.0400. The van der Waals surface area contributed by atoms with Gasteiger partial charge in [-0.25, -0.2) is 0 Å². The highest BCUT2D eigenvalue weighted by atomic mass is 16.5. The number of ether oxygens (including phenoxy) is 2. The summed E-state index contributed by atoms with van der Waals surface area (Å²) in [6, 6.07) is 25.6. The number of aromatic hydroxyl groups is 1. The van der Waals surface area contributed by atoms with E-state index in [1.165, 1.54) is 0 Å². The van der Waals surface area contributed by atoms with Crippen molar-refractivity contribution in [2.45, 2.75) is 5.92 Å². The van der Waals surface area contributed by atoms with Crippen LogP contribution in [0.15, 0.2) is 78.9 Å². The molecular weight excluding hydrogens is 362 g/mol. The van der Waals surface area contributed by atoms with E-state index in [9.17, 15) is 5.11 Å². The molecule has 4 aromatic carbocycles. The van der Waals surface area contributed by atoms with Crippen LogP contribution in [0, 0.1) is 0 Å². The Balaban J connectivity index is 1.63. The minimum absolute atomic E-state index is 0.0446. The van der Waals surface area contributed by atoms with Crippen molar-refractivity contribution in [3.05, 3.63) is 95.6 Å². The summed E-state index contributed by atoms with van der Waals surface area (Å²) in [6.45, 7) is 0. The summed E-state index contributed by atoms with van der Waals surface area (Å²) >= 11 is 0. The minimum atomic E-state index is 0.0446. The van der Waals surface area contributed by atoms with Gasteiger partial charge in [-0.3, -0.25) is 0 Å². The second-order valence-corrected chi connectivity index (χ2v) is 7.51. The van der Waals surface area contributed by atoms with Crippen LogP contribution in [-0.2, 0) is 0 Å². The number of anilines is 3. The number of rotatable bonds is 1. The summed E-state index contributed by atoms with van der Waals surface area (Å²) in [5, 5.41) is 10.7. The summed E-state index contributed by atoms with van der Waals surface area (Å²) in [7, 11) is 0. The molecule has 138 valence electrons. The van der Waals surface area contributed by atoms with Gasteiger partial charge in [0.15, 0.2) is 0 Å². The molecule has 0 saturated carbocycles. The molecule has 0 unspecified atom stereocenters. The maximum Gasteiger partial charge on any atom is 0.139 e. The van der Waals surface area contributed by atoms with Crippen LogP contribution in [0.1, 0.15) is 22.6 Å². The maximum atomic E-state index is 10.7. The van der Waals surface area contributed by atoms with Gasteiger partial charge >= 0.3 is 0 Å². The van der Waals surface area contributed by atoms with E-state index < -0.39 is 0 Å². The standard InChI is InChI=1S/C25H15NO3/c27-17-9-2-1-6-14(17)26-15-7-3-10-18-22(15)25-23-16(26)8-4-11-19(23)29-21-13-5-12-20(28-18)24(21)25/h1-13,25,27H. The van der Waals surface area contributed by atoms with Gasteiger partial charge in [-0.05, 0) is 48.5 Å². The van der Waals surface area contributed by atoms with Gasteiger partial charge in [0, 0.05) is 16.7 Å². The fourth-order valence-corrected chi connectivity index (χ4v) is 4.91. The number of benzene rings is 4. The molecule has 0 radical (unpaired) electrons. The van der Waals surface area contributed by atoms with Crippen molar-refractivity contribution >= 4 is 17.1 Å². The first-order chi connectivity index (χ1) is 14.3. The lowest BCUT2D eigenvalue weighted by molar-refractivity contribution is 0.408. The maximum absolute atomic E-state index is 10.7. The molecule has 4 heteroatoms. The molecule has 0 aromatic heterocycles. The zero-order valence-electron chi connectivity index (χ0n) is 15.3. The minimum Gasteiger partial charge on any atom is -0.506 e. The zero-order valence-corrected chi connectivity index (χ0v) is 15.3. The number of phenolic OH excluding ortho intramolecular Hbond substituents is 1. The Bertz CT molecular complexity index is 1270. The highest BCUT2D eigenvalue weighted by Crippen LogP contribution is 2.64. The summed E-state index contributed by atoms with van der Waals surface area (Å²) in [4.78, 5) is 2.11. The van der Waals surface area contributed by atoms with Gasteiger partial charge < -0.3 is 19.5 Å². The molecular formula is C25H15NO3. The first-order valence-electron chi connectivity index (χ1n) is 9.64. The molecule has 0 bridgehead atoms. The van der Waals surface area contributed by atoms with Gasteiger partial charge in [-0.1, -0.05) is 30.3 Å². The topological polar surface area (TPSA) is 41.9 Å². The number of hydrogen-bond donors (Lipinski definition) is 1. The second kappa shape index (κ2) is 5.11. The van der Waals surface area contributed by atoms with E-state index in [1.807, 2.05) is 60.7 Å². The van der Waals surface area contributed by atoms with Crippen molar-refractivity contribution in [2.24, 2.45) is 0 Å². The summed E-state index contributed by atoms with van der Waals surface area (Å²) in [5.41, 5.74) is 6.06. The molecule has 0 fully saturated rings. The molecule has 0 saturated heterocycles. The van der Waals surface area contributed by atoms with Crippen molar-refractivity contribution in [3.8, 4) is 28.7 Å². The van der Waals surface area contributed by atoms with Crippen molar-refractivity contribution < 1.29 is 14.6 Å². The lowest BCUT2D eigenvalue weighted by atomic mass is 9.76. The van der Waals surface area contributed by atoms with Crippen molar-refractivity contribution in [3.63, 3.8) is 0 Å². The van der Waals surface area contributed by atoms with E-state index in [0.29, 0.717) is 0 Å². The molecule has 29 heavy (non-hydrogen) atoms. The molecule has 4 nitrogen and oxygen atoms in total. The predicted molar refractivity (Wildman–Crippen MR) is 110 cm³/mol. The quantitative estimate of drug-likeness (QED) is 0.351. The molecule has 3 heterocycles. The number of nitrogens with zero attached hydrogens (tertiary/aromatic N) is 1. The highest BCUT2D eigenvalue weighted by Gasteiger charge is 2.44. The van der Waals surface area contributed by atoms with Crippen LogP contribution in [0.5, 0.6) is 28.7 Å². The Kier molecular flexibility index (Phi) is 2.66. The second-order valence-electron chi connectivity index (χ2n) is 7.51. The fourth-order valence-electron chi connectivity index (χ4n) is 4.91. The smallest absolute Gasteiger partial charge is 0.139 e. The Labute approximate surface area is 167 Å². The average molecular weight is 377 g/mol. The van der Waals surface area contributed by atoms with Crippen molar-refractivity contribution in [2.75, 3.05) is 4.90 Å². The van der Waals surface area contributed by atoms with Crippen LogP contribution in [0.3, 0.4) is 0 Å². The molecule has 0 spiro atoms. The number of hydrogen-bond acceptors (Lipinski definition) is 4. The zero-order chi connectivity index (χ0) is 19.1. The van der Waals surface area contributed by atoms with Crippen LogP contribution in [0.4, 0.5) is 17.1 Å². The molecule has 3 aliphatic rings. The van der Waals surface area contributed by atoms with Crippen LogP contribution in [0.2, 0.25) is 0 Å². The monoisotopic (exact) mass is 377 g/mol. The highest BCUT2D eigenvalue weighted by molar-refractivity contribution is 5.92. The summed E-state index contributed by atoms with van der Waals surface area (Å²) < 4.78 is 12.6. The van der Waals surface area contributed by atoms with Gasteiger partial charge in [-0.15, -0.1) is 0 Å². The van der Waals surface area contributed by atoms with E-state index in [0.717, 1.165) is 56.8 Å². The molecule has 0 atom stereocenters. The van der Waals surface area contributed by atoms with Gasteiger partial charge in [0.05, 0.1) is 23.0 Å². The average Bonchev–Trinajstić information content (AvgIpc) is 2.75. The van der Waals surface area contributed by atoms with Crippen molar-refractivity contribution in [1.29, 1.82) is 0 Å². The first kappa shape index (κ1) is 15.1. The van der Waals surface area contributed by atoms with Gasteiger partial charge in [0.1, 0.15) is 28.7 Å². The third kappa shape index (κ3) is 1.79. The van der Waals surface area contributed by atoms with E-state index in [-0.39, 0.29) is 11.7 Å². The van der Waals surface area contributed by atoms with Gasteiger partial charge in [0.2, 0.25) is 0 Å². The lowest BCUT2D eigenvalue weighted by Gasteiger charge is -2.43. The Morgan fingerprint density at radius 2 is 1.03 bits per heavy atom.